The van der Waals surface area contributed by atoms with Gasteiger partial charge in [0.1, 0.15) is 6.23 Å². The molecule has 70 valence electrons. The summed E-state index contributed by atoms with van der Waals surface area (Å²) in [5.41, 5.74) is 0. The van der Waals surface area contributed by atoms with Crippen LogP contribution in [-0.4, -0.2) is 19.8 Å². The Kier molecular flexibility index (Phi) is 12.1. The average Bonchev–Trinajstić information content (AvgIpc) is 1.85. The van der Waals surface area contributed by atoms with Crippen molar-refractivity contribution < 1.29 is 13.5 Å². The highest BCUT2D eigenvalue weighted by Gasteiger charge is 1.89. The van der Waals surface area contributed by atoms with E-state index in [0.29, 0.717) is 0 Å². The molecule has 0 rings (SSSR count). The third-order valence-electron chi connectivity index (χ3n) is 0.792. The van der Waals surface area contributed by atoms with Crippen molar-refractivity contribution >= 4 is 10.9 Å². The van der Waals surface area contributed by atoms with Crippen LogP contribution in [0.25, 0.3) is 0 Å². The zero-order chi connectivity index (χ0) is 9.28. The largest absolute Gasteiger partial charge is 0.378 e. The Bertz CT molecular complexity index is 124. The van der Waals surface area contributed by atoms with E-state index in [1.165, 1.54) is 19.8 Å². The van der Waals surface area contributed by atoms with Crippen molar-refractivity contribution in [3.05, 3.63) is 0 Å². The van der Waals surface area contributed by atoms with Crippen molar-refractivity contribution in [3.63, 3.8) is 0 Å². The molecule has 0 aliphatic heterocycles. The number of rotatable bonds is 3. The Morgan fingerprint density at radius 2 is 1.73 bits per heavy atom. The molecule has 11 heavy (non-hydrogen) atoms. The molecule has 1 atom stereocenters. The van der Waals surface area contributed by atoms with Crippen molar-refractivity contribution in [2.45, 2.75) is 39.8 Å². The molecule has 0 aromatic heterocycles. The summed E-state index contributed by atoms with van der Waals surface area (Å²) in [5.74, 6) is 0. The quantitative estimate of drug-likeness (QED) is 0.434. The predicted octanol–water partition coefficient (Wildman–Crippen LogP) is 0.247. The molecular weight excluding hydrogens is 166 g/mol. The Balaban J connectivity index is 0. The molecule has 1 unspecified atom stereocenters. The fraction of sp³-hybridized carbons (Fsp3) is 1.00. The van der Waals surface area contributed by atoms with Gasteiger partial charge in [0.05, 0.1) is 0 Å². The first kappa shape index (κ1) is 13.5. The number of hydrogen-bond donors (Lipinski definition) is 3. The Labute approximate surface area is 69.7 Å². The maximum Gasteiger partial charge on any atom is 0.203 e. The van der Waals surface area contributed by atoms with Crippen LogP contribution in [0.3, 0.4) is 0 Å². The molecule has 0 saturated heterocycles. The molecule has 4 nitrogen and oxygen atoms in total. The van der Waals surface area contributed by atoms with Gasteiger partial charge in [0.2, 0.25) is 10.9 Å². The van der Waals surface area contributed by atoms with E-state index in [-0.39, 0.29) is 0 Å². The lowest BCUT2D eigenvalue weighted by Gasteiger charge is -1.94. The van der Waals surface area contributed by atoms with E-state index in [2.05, 4.69) is 13.8 Å². The Morgan fingerprint density at radius 1 is 1.36 bits per heavy atom. The first-order valence-electron chi connectivity index (χ1n) is 3.63. The van der Waals surface area contributed by atoms with Gasteiger partial charge in [-0.1, -0.05) is 26.7 Å². The second-order valence-corrected chi connectivity index (χ2v) is 2.83. The topological polar surface area (TPSA) is 66.4 Å². The standard InChI is InChI=1S/C4H10.C2H7NO3S/c1-3-4-2;1-2(4)3-7(5)6/h3-4H2,1-2H3;2,4,7H,1H3,(H,3,5,6). The van der Waals surface area contributed by atoms with E-state index in [0.717, 1.165) is 0 Å². The van der Waals surface area contributed by atoms with Crippen LogP contribution in [0.2, 0.25) is 0 Å². The van der Waals surface area contributed by atoms with Crippen molar-refractivity contribution in [2.75, 3.05) is 0 Å². The van der Waals surface area contributed by atoms with Gasteiger partial charge in [0.15, 0.2) is 0 Å². The average molecular weight is 183 g/mol. The number of hydrogen-bond acceptors (Lipinski definition) is 3. The minimum absolute atomic E-state index is 0.971. The van der Waals surface area contributed by atoms with Crippen molar-refractivity contribution in [1.29, 1.82) is 0 Å². The highest BCUT2D eigenvalue weighted by molar-refractivity contribution is 7.70. The molecule has 2 N–H and O–H groups in total. The molecule has 0 fully saturated rings. The van der Waals surface area contributed by atoms with Crippen LogP contribution in [0.5, 0.6) is 0 Å². The molecule has 0 aromatic rings. The molecule has 0 amide bonds. The van der Waals surface area contributed by atoms with Gasteiger partial charge in [-0.15, -0.1) is 0 Å². The summed E-state index contributed by atoms with van der Waals surface area (Å²) in [7, 11) is -2.64. The van der Waals surface area contributed by atoms with E-state index in [1.807, 2.05) is 4.72 Å². The van der Waals surface area contributed by atoms with E-state index >= 15 is 0 Å². The molecule has 0 aromatic carbocycles. The van der Waals surface area contributed by atoms with E-state index in [4.69, 9.17) is 5.11 Å². The molecule has 0 bridgehead atoms. The van der Waals surface area contributed by atoms with E-state index in [9.17, 15) is 8.42 Å². The van der Waals surface area contributed by atoms with Gasteiger partial charge in [0.25, 0.3) is 0 Å². The van der Waals surface area contributed by atoms with Crippen molar-refractivity contribution in [1.82, 2.24) is 4.72 Å². The smallest absolute Gasteiger partial charge is 0.203 e. The minimum Gasteiger partial charge on any atom is -0.378 e. The lowest BCUT2D eigenvalue weighted by molar-refractivity contribution is 0.185. The lowest BCUT2D eigenvalue weighted by atomic mass is 10.4. The maximum atomic E-state index is 9.58. The Hall–Kier alpha value is -0.130. The number of nitrogens with one attached hydrogen (secondary N) is 1. The molecule has 0 heterocycles. The van der Waals surface area contributed by atoms with Crippen LogP contribution in [0.1, 0.15) is 33.6 Å². The number of unbranched alkanes of at least 4 members (excludes halogenated alkanes) is 1. The zero-order valence-corrected chi connectivity index (χ0v) is 8.10. The highest BCUT2D eigenvalue weighted by Crippen LogP contribution is 1.76. The van der Waals surface area contributed by atoms with Crippen LogP contribution in [-0.2, 0) is 10.9 Å². The Morgan fingerprint density at radius 3 is 1.73 bits per heavy atom. The van der Waals surface area contributed by atoms with E-state index < -0.39 is 17.1 Å². The van der Waals surface area contributed by atoms with Crippen molar-refractivity contribution in [2.24, 2.45) is 0 Å². The fourth-order valence-electron chi connectivity index (χ4n) is 0.153. The molecule has 0 aliphatic carbocycles. The van der Waals surface area contributed by atoms with Gasteiger partial charge >= 0.3 is 0 Å². The minimum atomic E-state index is -2.64. The zero-order valence-electron chi connectivity index (χ0n) is 7.20. The summed E-state index contributed by atoms with van der Waals surface area (Å²) in [4.78, 5) is 0. The summed E-state index contributed by atoms with van der Waals surface area (Å²) in [5, 5.41) is 8.23. The number of thiol groups is 1. The highest BCUT2D eigenvalue weighted by atomic mass is 32.2. The SMILES string of the molecule is CC(O)N[SH](=O)=O.CCCC. The second kappa shape index (κ2) is 9.87. The van der Waals surface area contributed by atoms with Crippen LogP contribution in [0.4, 0.5) is 0 Å². The first-order chi connectivity index (χ1) is 5.04. The monoisotopic (exact) mass is 183 g/mol. The summed E-state index contributed by atoms with van der Waals surface area (Å²) >= 11 is 0. The summed E-state index contributed by atoms with van der Waals surface area (Å²) in [6.07, 6.45) is 1.67. The van der Waals surface area contributed by atoms with Gasteiger partial charge in [-0.3, -0.25) is 0 Å². The second-order valence-electron chi connectivity index (χ2n) is 2.06. The van der Waals surface area contributed by atoms with Crippen molar-refractivity contribution in [3.8, 4) is 0 Å². The van der Waals surface area contributed by atoms with Crippen LogP contribution < -0.4 is 4.72 Å². The fourth-order valence-corrected chi connectivity index (χ4v) is 0.458. The van der Waals surface area contributed by atoms with Gasteiger partial charge in [0, 0.05) is 0 Å². The van der Waals surface area contributed by atoms with Crippen LogP contribution >= 0.6 is 0 Å². The normalized spacial score (nSPS) is 12.1. The summed E-state index contributed by atoms with van der Waals surface area (Å²) in [6, 6.07) is 0. The first-order valence-corrected chi connectivity index (χ1v) is 4.80. The molecule has 0 saturated carbocycles. The molecular formula is C6H17NO3S. The third-order valence-corrected chi connectivity index (χ3v) is 1.38. The van der Waals surface area contributed by atoms with E-state index in [1.54, 1.807) is 0 Å². The van der Waals surface area contributed by atoms with Gasteiger partial charge in [-0.2, -0.15) is 4.72 Å². The van der Waals surface area contributed by atoms with Gasteiger partial charge in [-0.25, -0.2) is 8.42 Å². The summed E-state index contributed by atoms with van der Waals surface area (Å²) in [6.45, 7) is 5.69. The number of aliphatic hydroxyl groups is 1. The van der Waals surface area contributed by atoms with Crippen LogP contribution in [0.15, 0.2) is 0 Å². The molecule has 0 spiro atoms. The van der Waals surface area contributed by atoms with Gasteiger partial charge in [-0.05, 0) is 6.92 Å². The lowest BCUT2D eigenvalue weighted by Crippen LogP contribution is -2.22. The van der Waals surface area contributed by atoms with Crippen LogP contribution in [0, 0.1) is 0 Å². The molecule has 0 radical (unpaired) electrons. The summed E-state index contributed by atoms with van der Waals surface area (Å²) < 4.78 is 21.0. The molecule has 5 heteroatoms. The third kappa shape index (κ3) is 25.8. The predicted molar refractivity (Wildman–Crippen MR) is 45.7 cm³/mol. The maximum absolute atomic E-state index is 9.58. The molecule has 0 aliphatic rings. The van der Waals surface area contributed by atoms with Gasteiger partial charge < -0.3 is 5.11 Å². The number of aliphatic hydroxyl groups excluding tert-OH is 1.